The van der Waals surface area contributed by atoms with E-state index in [-0.39, 0.29) is 5.91 Å². The highest BCUT2D eigenvalue weighted by Crippen LogP contribution is 2.15. The maximum atomic E-state index is 12.2. The van der Waals surface area contributed by atoms with Crippen molar-refractivity contribution in [2.75, 3.05) is 19.0 Å². The van der Waals surface area contributed by atoms with Crippen molar-refractivity contribution in [3.63, 3.8) is 0 Å². The number of alkyl halides is 1. The molecule has 0 spiro atoms. The van der Waals surface area contributed by atoms with Gasteiger partial charge in [-0.05, 0) is 43.4 Å². The van der Waals surface area contributed by atoms with Crippen molar-refractivity contribution in [2.24, 2.45) is 5.92 Å². The Morgan fingerprint density at radius 3 is 2.76 bits per heavy atom. The molecule has 3 nitrogen and oxygen atoms in total. The Morgan fingerprint density at radius 1 is 1.29 bits per heavy atom. The van der Waals surface area contributed by atoms with Crippen molar-refractivity contribution >= 4 is 17.5 Å². The predicted molar refractivity (Wildman–Crippen MR) is 88.3 cm³/mol. The number of rotatable bonds is 10. The van der Waals surface area contributed by atoms with Crippen LogP contribution >= 0.6 is 11.6 Å². The summed E-state index contributed by atoms with van der Waals surface area (Å²) in [4.78, 5) is 12.2. The Kier molecular flexibility index (Phi) is 8.91. The van der Waals surface area contributed by atoms with E-state index in [9.17, 15) is 4.79 Å². The Hall–Kier alpha value is -1.22. The van der Waals surface area contributed by atoms with Crippen molar-refractivity contribution in [1.29, 1.82) is 0 Å². The van der Waals surface area contributed by atoms with Crippen molar-refractivity contribution < 1.29 is 9.53 Å². The molecule has 1 aromatic rings. The van der Waals surface area contributed by atoms with Crippen LogP contribution in [0.2, 0.25) is 0 Å². The molecule has 1 rings (SSSR count). The van der Waals surface area contributed by atoms with Crippen molar-refractivity contribution in [1.82, 2.24) is 5.32 Å². The molecule has 4 heteroatoms. The molecule has 0 radical (unpaired) electrons. The Morgan fingerprint density at radius 2 is 2.10 bits per heavy atom. The molecule has 0 aliphatic carbocycles. The number of benzene rings is 1. The number of carbonyl (C=O) groups is 1. The third kappa shape index (κ3) is 6.85. The van der Waals surface area contributed by atoms with Crippen LogP contribution in [-0.2, 0) is 0 Å². The van der Waals surface area contributed by atoms with E-state index in [0.717, 1.165) is 31.4 Å². The molecule has 0 aromatic heterocycles. The topological polar surface area (TPSA) is 38.3 Å². The molecule has 0 bridgehead atoms. The van der Waals surface area contributed by atoms with Crippen LogP contribution in [0.25, 0.3) is 0 Å². The third-order valence-electron chi connectivity index (χ3n) is 3.33. The van der Waals surface area contributed by atoms with Crippen molar-refractivity contribution in [3.05, 3.63) is 29.8 Å². The van der Waals surface area contributed by atoms with E-state index in [0.29, 0.717) is 30.5 Å². The summed E-state index contributed by atoms with van der Waals surface area (Å²) in [5.41, 5.74) is 0.643. The molecule has 0 heterocycles. The highest BCUT2D eigenvalue weighted by molar-refractivity contribution is 6.17. The fraction of sp³-hybridized carbons (Fsp3) is 0.588. The summed E-state index contributed by atoms with van der Waals surface area (Å²) in [5.74, 6) is 1.79. The minimum atomic E-state index is -0.0485. The van der Waals surface area contributed by atoms with Gasteiger partial charge in [-0.2, -0.15) is 0 Å². The summed E-state index contributed by atoms with van der Waals surface area (Å²) < 4.78 is 5.55. The van der Waals surface area contributed by atoms with Crippen LogP contribution in [0.1, 0.15) is 49.9 Å². The first-order valence-corrected chi connectivity index (χ1v) is 8.31. The highest BCUT2D eigenvalue weighted by Gasteiger charge is 2.11. The first-order valence-electron chi connectivity index (χ1n) is 7.78. The van der Waals surface area contributed by atoms with Gasteiger partial charge in [0.05, 0.1) is 6.61 Å². The second-order valence-electron chi connectivity index (χ2n) is 5.22. The first-order chi connectivity index (χ1) is 10.2. The molecule has 0 saturated carbocycles. The third-order valence-corrected chi connectivity index (χ3v) is 3.55. The SMILES string of the molecule is CCCOc1cccc(C(=O)NCC(CCC)CCCl)c1. The summed E-state index contributed by atoms with van der Waals surface area (Å²) in [5, 5.41) is 3.00. The smallest absolute Gasteiger partial charge is 0.251 e. The Bertz CT molecular complexity index is 417. The fourth-order valence-corrected chi connectivity index (χ4v) is 2.51. The van der Waals surface area contributed by atoms with E-state index in [1.807, 2.05) is 18.2 Å². The van der Waals surface area contributed by atoms with Gasteiger partial charge in [0.15, 0.2) is 0 Å². The van der Waals surface area contributed by atoms with Gasteiger partial charge in [-0.15, -0.1) is 11.6 Å². The lowest BCUT2D eigenvalue weighted by Gasteiger charge is -2.15. The molecule has 118 valence electrons. The predicted octanol–water partition coefficient (Wildman–Crippen LogP) is 4.25. The lowest BCUT2D eigenvalue weighted by atomic mass is 10.0. The van der Waals surface area contributed by atoms with E-state index in [4.69, 9.17) is 16.3 Å². The van der Waals surface area contributed by atoms with E-state index >= 15 is 0 Å². The van der Waals surface area contributed by atoms with Gasteiger partial charge in [-0.1, -0.05) is 26.3 Å². The molecule has 1 amide bonds. The number of hydrogen-bond acceptors (Lipinski definition) is 2. The molecule has 1 atom stereocenters. The highest BCUT2D eigenvalue weighted by atomic mass is 35.5. The molecule has 0 fully saturated rings. The van der Waals surface area contributed by atoms with Gasteiger partial charge in [0.1, 0.15) is 5.75 Å². The number of hydrogen-bond donors (Lipinski definition) is 1. The van der Waals surface area contributed by atoms with Crippen LogP contribution in [0, 0.1) is 5.92 Å². The average molecular weight is 312 g/mol. The molecule has 0 saturated heterocycles. The number of ether oxygens (including phenoxy) is 1. The summed E-state index contributed by atoms with van der Waals surface area (Å²) in [6.07, 6.45) is 4.09. The lowest BCUT2D eigenvalue weighted by molar-refractivity contribution is 0.0945. The van der Waals surface area contributed by atoms with E-state index < -0.39 is 0 Å². The maximum Gasteiger partial charge on any atom is 0.251 e. The van der Waals surface area contributed by atoms with Gasteiger partial charge in [0.2, 0.25) is 0 Å². The molecular weight excluding hydrogens is 286 g/mol. The summed E-state index contributed by atoms with van der Waals surface area (Å²) in [6, 6.07) is 7.33. The summed E-state index contributed by atoms with van der Waals surface area (Å²) in [6.45, 7) is 5.55. The second-order valence-corrected chi connectivity index (χ2v) is 5.60. The van der Waals surface area contributed by atoms with Gasteiger partial charge >= 0.3 is 0 Å². The van der Waals surface area contributed by atoms with Gasteiger partial charge in [-0.25, -0.2) is 0 Å². The second kappa shape index (κ2) is 10.5. The van der Waals surface area contributed by atoms with Crippen LogP contribution in [-0.4, -0.2) is 24.9 Å². The van der Waals surface area contributed by atoms with Crippen molar-refractivity contribution in [2.45, 2.75) is 39.5 Å². The number of carbonyl (C=O) groups excluding carboxylic acids is 1. The van der Waals surface area contributed by atoms with Gasteiger partial charge in [-0.3, -0.25) is 4.79 Å². The Labute approximate surface area is 133 Å². The Balaban J connectivity index is 2.54. The molecule has 0 aliphatic rings. The van der Waals surface area contributed by atoms with E-state index in [1.165, 1.54) is 0 Å². The first kappa shape index (κ1) is 17.8. The zero-order valence-corrected chi connectivity index (χ0v) is 13.8. The molecule has 1 N–H and O–H groups in total. The maximum absolute atomic E-state index is 12.2. The zero-order valence-electron chi connectivity index (χ0n) is 13.0. The van der Waals surface area contributed by atoms with Gasteiger partial charge in [0, 0.05) is 18.0 Å². The zero-order chi connectivity index (χ0) is 15.5. The van der Waals surface area contributed by atoms with Crippen molar-refractivity contribution in [3.8, 4) is 5.75 Å². The van der Waals surface area contributed by atoms with E-state index in [1.54, 1.807) is 6.07 Å². The molecule has 1 aromatic carbocycles. The normalized spacial score (nSPS) is 12.0. The van der Waals surface area contributed by atoms with Crippen LogP contribution < -0.4 is 10.1 Å². The summed E-state index contributed by atoms with van der Waals surface area (Å²) >= 11 is 5.80. The molecular formula is C17H26ClNO2. The number of nitrogens with one attached hydrogen (secondary N) is 1. The van der Waals surface area contributed by atoms with Crippen LogP contribution in [0.4, 0.5) is 0 Å². The number of amides is 1. The standard InChI is InChI=1S/C17H26ClNO2/c1-3-6-14(9-10-18)13-19-17(20)15-7-5-8-16(12-15)21-11-4-2/h5,7-8,12,14H,3-4,6,9-11,13H2,1-2H3,(H,19,20). The molecule has 1 unspecified atom stereocenters. The van der Waals surface area contributed by atoms with Crippen LogP contribution in [0.3, 0.4) is 0 Å². The number of halogens is 1. The summed E-state index contributed by atoms with van der Waals surface area (Å²) in [7, 11) is 0. The average Bonchev–Trinajstić information content (AvgIpc) is 2.51. The van der Waals surface area contributed by atoms with Crippen LogP contribution in [0.5, 0.6) is 5.75 Å². The minimum absolute atomic E-state index is 0.0485. The molecule has 21 heavy (non-hydrogen) atoms. The van der Waals surface area contributed by atoms with Crippen LogP contribution in [0.15, 0.2) is 24.3 Å². The minimum Gasteiger partial charge on any atom is -0.494 e. The van der Waals surface area contributed by atoms with Gasteiger partial charge < -0.3 is 10.1 Å². The monoisotopic (exact) mass is 311 g/mol. The quantitative estimate of drug-likeness (QED) is 0.656. The van der Waals surface area contributed by atoms with Gasteiger partial charge in [0.25, 0.3) is 5.91 Å². The largest absolute Gasteiger partial charge is 0.494 e. The van der Waals surface area contributed by atoms with E-state index in [2.05, 4.69) is 19.2 Å². The molecule has 0 aliphatic heterocycles. The fourth-order valence-electron chi connectivity index (χ4n) is 2.20. The lowest BCUT2D eigenvalue weighted by Crippen LogP contribution is -2.29.